The van der Waals surface area contributed by atoms with Crippen LogP contribution in [0.5, 0.6) is 0 Å². The van der Waals surface area contributed by atoms with Crippen molar-refractivity contribution in [2.24, 2.45) is 0 Å². The number of hydrogen-bond donors (Lipinski definition) is 0. The van der Waals surface area contributed by atoms with Crippen LogP contribution in [0.15, 0.2) is 133 Å². The molecule has 2 aliphatic heterocycles. The fourth-order valence-corrected chi connectivity index (χ4v) is 5.17. The van der Waals surface area contributed by atoms with Crippen molar-refractivity contribution in [2.45, 2.75) is 19.3 Å². The van der Waals surface area contributed by atoms with Crippen molar-refractivity contribution in [1.82, 2.24) is 0 Å². The van der Waals surface area contributed by atoms with Crippen molar-refractivity contribution in [3.8, 4) is 0 Å². The number of hydrogen-bond acceptors (Lipinski definition) is 2. The minimum absolute atomic E-state index is 0. The summed E-state index contributed by atoms with van der Waals surface area (Å²) in [6.45, 7) is 6.67. The summed E-state index contributed by atoms with van der Waals surface area (Å²) in [4.78, 5) is 4.45. The predicted octanol–water partition coefficient (Wildman–Crippen LogP) is 9.76. The van der Waals surface area contributed by atoms with Crippen LogP contribution in [0.2, 0.25) is 0 Å². The molecule has 0 N–H and O–H groups in total. The van der Waals surface area contributed by atoms with Crippen molar-refractivity contribution in [3.05, 3.63) is 157 Å². The van der Waals surface area contributed by atoms with E-state index in [1.165, 1.54) is 33.9 Å². The second kappa shape index (κ2) is 10.9. The number of nitrogens with zero attached hydrogens (tertiary/aromatic N) is 3. The second-order valence-corrected chi connectivity index (χ2v) is 9.79. The van der Waals surface area contributed by atoms with E-state index in [2.05, 4.69) is 140 Å². The minimum Gasteiger partial charge on any atom is -0.657 e. The zero-order valence-corrected chi connectivity index (χ0v) is 23.6. The molecule has 38 heavy (non-hydrogen) atoms. The molecule has 0 fully saturated rings. The quantitative estimate of drug-likeness (QED) is 0.137. The summed E-state index contributed by atoms with van der Waals surface area (Å²) in [6.07, 6.45) is 0. The smallest absolute Gasteiger partial charge is 0.0345 e. The van der Waals surface area contributed by atoms with Gasteiger partial charge in [-0.15, -0.1) is 18.0 Å². The van der Waals surface area contributed by atoms with Crippen LogP contribution >= 0.6 is 0 Å². The normalized spacial score (nSPS) is 14.1. The third-order valence-corrected chi connectivity index (χ3v) is 7.10. The van der Waals surface area contributed by atoms with E-state index in [-0.39, 0.29) is 27.8 Å². The van der Waals surface area contributed by atoms with Gasteiger partial charge in [0.25, 0.3) is 0 Å². The van der Waals surface area contributed by atoms with Crippen LogP contribution < -0.4 is 9.80 Å². The van der Waals surface area contributed by atoms with Gasteiger partial charge >= 0.3 is 0 Å². The zero-order valence-electron chi connectivity index (χ0n) is 21.4. The van der Waals surface area contributed by atoms with Crippen molar-refractivity contribution >= 4 is 34.1 Å². The Bertz CT molecular complexity index is 1400. The van der Waals surface area contributed by atoms with Crippen molar-refractivity contribution < 1.29 is 22.4 Å². The molecular weight excluding hydrogens is 647 g/mol. The van der Waals surface area contributed by atoms with Crippen LogP contribution in [0.1, 0.15) is 25.0 Å². The Morgan fingerprint density at radius 3 is 1.32 bits per heavy atom. The van der Waals surface area contributed by atoms with E-state index in [4.69, 9.17) is 5.32 Å². The van der Waals surface area contributed by atoms with Gasteiger partial charge in [0.15, 0.2) is 0 Å². The first-order valence-corrected chi connectivity index (χ1v) is 12.7. The Kier molecular flexibility index (Phi) is 7.44. The maximum absolute atomic E-state index is 4.70. The summed E-state index contributed by atoms with van der Waals surface area (Å²) in [6, 6.07) is 46.1. The monoisotopic (exact) mass is 676 g/mol. The van der Waals surface area contributed by atoms with Gasteiger partial charge in [0.1, 0.15) is 0 Å². The van der Waals surface area contributed by atoms with Gasteiger partial charge in [-0.2, -0.15) is 0 Å². The fourth-order valence-electron chi connectivity index (χ4n) is 5.17. The second-order valence-electron chi connectivity index (χ2n) is 9.79. The Balaban J connectivity index is 0.000000156. The maximum Gasteiger partial charge on any atom is 0.0345 e. The molecular formula is C34H29AuN3-2. The van der Waals surface area contributed by atoms with Crippen LogP contribution in [-0.4, -0.2) is 0 Å². The average molecular weight is 677 g/mol. The molecule has 7 rings (SSSR count). The van der Waals surface area contributed by atoms with Crippen LogP contribution in [0, 0.1) is 6.67 Å². The van der Waals surface area contributed by atoms with E-state index >= 15 is 0 Å². The first-order chi connectivity index (χ1) is 18.1. The molecule has 0 saturated carbocycles. The average Bonchev–Trinajstić information content (AvgIpc) is 3.34. The molecule has 5 aromatic rings. The fraction of sp³-hybridized carbons (Fsp3) is 0.0882. The molecule has 0 aromatic heterocycles. The van der Waals surface area contributed by atoms with Crippen LogP contribution in [0.25, 0.3) is 5.32 Å². The van der Waals surface area contributed by atoms with Crippen molar-refractivity contribution in [1.29, 1.82) is 0 Å². The summed E-state index contributed by atoms with van der Waals surface area (Å²) < 4.78 is 0. The third kappa shape index (κ3) is 4.77. The van der Waals surface area contributed by atoms with Gasteiger partial charge in [0, 0.05) is 50.5 Å². The molecule has 2 aliphatic rings. The van der Waals surface area contributed by atoms with Crippen LogP contribution in [0.4, 0.5) is 34.1 Å². The van der Waals surface area contributed by atoms with E-state index in [1.54, 1.807) is 0 Å². The van der Waals surface area contributed by atoms with Gasteiger partial charge in [0.2, 0.25) is 0 Å². The van der Waals surface area contributed by atoms with Gasteiger partial charge in [-0.1, -0.05) is 122 Å². The molecule has 0 aliphatic carbocycles. The van der Waals surface area contributed by atoms with Gasteiger partial charge < -0.3 is 15.1 Å². The van der Waals surface area contributed by atoms with Gasteiger partial charge in [-0.3, -0.25) is 0 Å². The zero-order chi connectivity index (χ0) is 25.2. The number of rotatable bonds is 2. The van der Waals surface area contributed by atoms with Gasteiger partial charge in [-0.05, 0) is 36.4 Å². The number of anilines is 4. The molecule has 0 spiro atoms. The van der Waals surface area contributed by atoms with Crippen molar-refractivity contribution in [2.75, 3.05) is 9.80 Å². The standard InChI is InChI=1S/C19H15N2.C15H14N.Au/c1-3-9-16(10-4-1)20-15-21(17-11-5-2-6-12-17)19-14-8-7-13-18(19)20;1-15(2)11-7-3-5-9-13(11)16-14-10-6-4-8-12(14)15;/h1-15H;3-10H,1-2H3;/q2*-1;. The molecule has 0 unspecified atom stereocenters. The number of fused-ring (bicyclic) bond motifs is 3. The molecule has 0 bridgehead atoms. The summed E-state index contributed by atoms with van der Waals surface area (Å²) in [5, 5.41) is 4.70. The summed E-state index contributed by atoms with van der Waals surface area (Å²) in [7, 11) is 0. The van der Waals surface area contributed by atoms with Crippen LogP contribution in [0.3, 0.4) is 0 Å². The Morgan fingerprint density at radius 2 is 0.868 bits per heavy atom. The molecule has 2 heterocycles. The SMILES string of the molecule is CC1(C)c2ccccc2[N-]c2ccccc21.[Au].c1ccc(N2[CH-]N(c3ccccc3)c3ccccc32)cc1. The molecule has 0 amide bonds. The number of para-hydroxylation sites is 6. The van der Waals surface area contributed by atoms with Gasteiger partial charge in [0.05, 0.1) is 0 Å². The Hall–Kier alpha value is -3.76. The first kappa shape index (κ1) is 25.9. The Morgan fingerprint density at radius 1 is 0.500 bits per heavy atom. The van der Waals surface area contributed by atoms with E-state index in [0.717, 1.165) is 11.4 Å². The first-order valence-electron chi connectivity index (χ1n) is 12.7. The predicted molar refractivity (Wildman–Crippen MR) is 156 cm³/mol. The van der Waals surface area contributed by atoms with E-state index < -0.39 is 0 Å². The van der Waals surface area contributed by atoms with E-state index in [9.17, 15) is 0 Å². The maximum atomic E-state index is 4.70. The summed E-state index contributed by atoms with van der Waals surface area (Å²) >= 11 is 0. The molecule has 5 aromatic carbocycles. The van der Waals surface area contributed by atoms with Crippen LogP contribution in [-0.2, 0) is 27.8 Å². The Labute approximate surface area is 241 Å². The third-order valence-electron chi connectivity index (χ3n) is 7.10. The van der Waals surface area contributed by atoms with Gasteiger partial charge in [-0.25, -0.2) is 0 Å². The molecule has 1 radical (unpaired) electrons. The van der Waals surface area contributed by atoms with E-state index in [0.29, 0.717) is 0 Å². The molecule has 193 valence electrons. The molecule has 4 heteroatoms. The number of benzene rings is 5. The largest absolute Gasteiger partial charge is 0.657 e. The summed E-state index contributed by atoms with van der Waals surface area (Å²) in [5.74, 6) is 0. The van der Waals surface area contributed by atoms with E-state index in [1.807, 2.05) is 24.3 Å². The molecule has 0 atom stereocenters. The molecule has 3 nitrogen and oxygen atoms in total. The summed E-state index contributed by atoms with van der Waals surface area (Å²) in [5.41, 5.74) is 9.63. The van der Waals surface area contributed by atoms with Crippen molar-refractivity contribution in [3.63, 3.8) is 0 Å². The molecule has 0 saturated heterocycles. The topological polar surface area (TPSA) is 20.6 Å². The minimum atomic E-state index is 0.